The molecule has 0 radical (unpaired) electrons. The maximum absolute atomic E-state index is 13.2. The molecular weight excluding hydrogens is 263 g/mol. The molecule has 20 heavy (non-hydrogen) atoms. The first-order chi connectivity index (χ1) is 9.52. The zero-order valence-corrected chi connectivity index (χ0v) is 11.3. The molecule has 1 aromatic rings. The SMILES string of the molecule is COC(=O)C1CCCN(C(=O)c2cc(F)ccc2N)C1. The van der Waals surface area contributed by atoms with Crippen LogP contribution in [0.5, 0.6) is 0 Å². The third kappa shape index (κ3) is 2.89. The number of piperidine rings is 1. The summed E-state index contributed by atoms with van der Waals surface area (Å²) in [6, 6.07) is 3.70. The van der Waals surface area contributed by atoms with Gasteiger partial charge in [-0.3, -0.25) is 9.59 Å². The molecule has 1 unspecified atom stereocenters. The van der Waals surface area contributed by atoms with E-state index >= 15 is 0 Å². The fourth-order valence-electron chi connectivity index (χ4n) is 2.40. The van der Waals surface area contributed by atoms with Gasteiger partial charge in [-0.25, -0.2) is 4.39 Å². The summed E-state index contributed by atoms with van der Waals surface area (Å²) in [4.78, 5) is 25.4. The number of amides is 1. The van der Waals surface area contributed by atoms with Crippen molar-refractivity contribution in [3.63, 3.8) is 0 Å². The van der Waals surface area contributed by atoms with Crippen molar-refractivity contribution in [2.24, 2.45) is 5.92 Å². The number of hydrogen-bond donors (Lipinski definition) is 1. The average molecular weight is 280 g/mol. The van der Waals surface area contributed by atoms with Crippen molar-refractivity contribution in [3.8, 4) is 0 Å². The second-order valence-electron chi connectivity index (χ2n) is 4.85. The predicted molar refractivity (Wildman–Crippen MR) is 71.5 cm³/mol. The van der Waals surface area contributed by atoms with Crippen molar-refractivity contribution in [3.05, 3.63) is 29.6 Å². The number of hydrogen-bond acceptors (Lipinski definition) is 4. The Hall–Kier alpha value is -2.11. The number of nitrogens with zero attached hydrogens (tertiary/aromatic N) is 1. The minimum Gasteiger partial charge on any atom is -0.469 e. The van der Waals surface area contributed by atoms with Crippen LogP contribution in [0.1, 0.15) is 23.2 Å². The van der Waals surface area contributed by atoms with Crippen molar-refractivity contribution in [1.29, 1.82) is 0 Å². The Balaban J connectivity index is 2.16. The highest BCUT2D eigenvalue weighted by Crippen LogP contribution is 2.22. The summed E-state index contributed by atoms with van der Waals surface area (Å²) >= 11 is 0. The highest BCUT2D eigenvalue weighted by Gasteiger charge is 2.30. The molecule has 2 N–H and O–H groups in total. The number of carbonyl (C=O) groups is 2. The molecule has 1 aliphatic heterocycles. The third-order valence-corrected chi connectivity index (χ3v) is 3.49. The van der Waals surface area contributed by atoms with Crippen molar-refractivity contribution in [1.82, 2.24) is 4.90 Å². The molecule has 1 amide bonds. The molecule has 0 bridgehead atoms. The van der Waals surface area contributed by atoms with E-state index in [4.69, 9.17) is 10.5 Å². The quantitative estimate of drug-likeness (QED) is 0.657. The van der Waals surface area contributed by atoms with Gasteiger partial charge in [-0.15, -0.1) is 0 Å². The molecule has 0 aliphatic carbocycles. The molecule has 0 spiro atoms. The summed E-state index contributed by atoms with van der Waals surface area (Å²) in [7, 11) is 1.33. The van der Waals surface area contributed by atoms with Crippen LogP contribution in [0.4, 0.5) is 10.1 Å². The second kappa shape index (κ2) is 5.90. The van der Waals surface area contributed by atoms with E-state index in [0.29, 0.717) is 19.4 Å². The number of benzene rings is 1. The minimum atomic E-state index is -0.510. The number of anilines is 1. The minimum absolute atomic E-state index is 0.135. The van der Waals surface area contributed by atoms with E-state index in [1.165, 1.54) is 24.1 Å². The topological polar surface area (TPSA) is 72.6 Å². The van der Waals surface area contributed by atoms with Gasteiger partial charge in [-0.05, 0) is 31.0 Å². The first-order valence-electron chi connectivity index (χ1n) is 6.45. The Kier molecular flexibility index (Phi) is 4.22. The van der Waals surface area contributed by atoms with Crippen LogP contribution >= 0.6 is 0 Å². The van der Waals surface area contributed by atoms with Crippen molar-refractivity contribution >= 4 is 17.6 Å². The van der Waals surface area contributed by atoms with Gasteiger partial charge in [0.15, 0.2) is 0 Å². The molecule has 5 nitrogen and oxygen atoms in total. The molecule has 6 heteroatoms. The Bertz CT molecular complexity index is 533. The number of carbonyl (C=O) groups excluding carboxylic acids is 2. The van der Waals surface area contributed by atoms with Crippen LogP contribution in [-0.2, 0) is 9.53 Å². The van der Waals surface area contributed by atoms with Crippen molar-refractivity contribution < 1.29 is 18.7 Å². The predicted octanol–water partition coefficient (Wildman–Crippen LogP) is 1.43. The maximum Gasteiger partial charge on any atom is 0.310 e. The number of ether oxygens (including phenoxy) is 1. The van der Waals surface area contributed by atoms with E-state index in [0.717, 1.165) is 6.07 Å². The number of nitrogen functional groups attached to an aromatic ring is 1. The van der Waals surface area contributed by atoms with Gasteiger partial charge >= 0.3 is 5.97 Å². The lowest BCUT2D eigenvalue weighted by molar-refractivity contribution is -0.146. The monoisotopic (exact) mass is 280 g/mol. The molecule has 0 saturated carbocycles. The van der Waals surface area contributed by atoms with Crippen LogP contribution < -0.4 is 5.73 Å². The van der Waals surface area contributed by atoms with E-state index in [9.17, 15) is 14.0 Å². The third-order valence-electron chi connectivity index (χ3n) is 3.49. The van der Waals surface area contributed by atoms with Gasteiger partial charge in [-0.1, -0.05) is 0 Å². The smallest absolute Gasteiger partial charge is 0.310 e. The molecular formula is C14H17FN2O3. The lowest BCUT2D eigenvalue weighted by Crippen LogP contribution is -2.42. The summed E-state index contributed by atoms with van der Waals surface area (Å²) in [6.07, 6.45) is 1.40. The van der Waals surface area contributed by atoms with E-state index in [1.54, 1.807) is 0 Å². The Morgan fingerprint density at radius 2 is 2.20 bits per heavy atom. The largest absolute Gasteiger partial charge is 0.469 e. The summed E-state index contributed by atoms with van der Waals surface area (Å²) in [5.74, 6) is -1.51. The Labute approximate surface area is 116 Å². The van der Waals surface area contributed by atoms with E-state index in [2.05, 4.69) is 0 Å². The van der Waals surface area contributed by atoms with Gasteiger partial charge in [0, 0.05) is 18.8 Å². The summed E-state index contributed by atoms with van der Waals surface area (Å²) in [5.41, 5.74) is 6.08. The van der Waals surface area contributed by atoms with Gasteiger partial charge in [-0.2, -0.15) is 0 Å². The van der Waals surface area contributed by atoms with E-state index < -0.39 is 5.82 Å². The zero-order chi connectivity index (χ0) is 14.7. The summed E-state index contributed by atoms with van der Waals surface area (Å²) < 4.78 is 17.9. The van der Waals surface area contributed by atoms with Crippen molar-refractivity contribution in [2.75, 3.05) is 25.9 Å². The fourth-order valence-corrected chi connectivity index (χ4v) is 2.40. The normalized spacial score (nSPS) is 18.7. The van der Waals surface area contributed by atoms with E-state index in [1.807, 2.05) is 0 Å². The maximum atomic E-state index is 13.2. The molecule has 1 heterocycles. The Morgan fingerprint density at radius 3 is 2.90 bits per heavy atom. The van der Waals surface area contributed by atoms with Crippen LogP contribution in [0.15, 0.2) is 18.2 Å². The van der Waals surface area contributed by atoms with Crippen LogP contribution in [0, 0.1) is 11.7 Å². The van der Waals surface area contributed by atoms with Crippen LogP contribution in [0.25, 0.3) is 0 Å². The fraction of sp³-hybridized carbons (Fsp3) is 0.429. The molecule has 1 fully saturated rings. The van der Waals surface area contributed by atoms with Crippen molar-refractivity contribution in [2.45, 2.75) is 12.8 Å². The second-order valence-corrected chi connectivity index (χ2v) is 4.85. The Morgan fingerprint density at radius 1 is 1.45 bits per heavy atom. The molecule has 108 valence electrons. The first kappa shape index (κ1) is 14.3. The molecule has 1 aliphatic rings. The average Bonchev–Trinajstić information content (AvgIpc) is 2.48. The summed E-state index contributed by atoms with van der Waals surface area (Å²) in [6.45, 7) is 0.809. The van der Waals surface area contributed by atoms with E-state index in [-0.39, 0.29) is 35.6 Å². The highest BCUT2D eigenvalue weighted by atomic mass is 19.1. The molecule has 2 rings (SSSR count). The number of halogens is 1. The number of esters is 1. The molecule has 0 aromatic heterocycles. The number of likely N-dealkylation sites (tertiary alicyclic amines) is 1. The molecule has 1 saturated heterocycles. The van der Waals surface area contributed by atoms with Gasteiger partial charge in [0.1, 0.15) is 5.82 Å². The van der Waals surface area contributed by atoms with Crippen LogP contribution in [0.2, 0.25) is 0 Å². The standard InChI is InChI=1S/C14H17FN2O3/c1-20-14(19)9-3-2-6-17(8-9)13(18)11-7-10(15)4-5-12(11)16/h4-5,7,9H,2-3,6,8,16H2,1H3. The van der Waals surface area contributed by atoms with Crippen LogP contribution in [0.3, 0.4) is 0 Å². The zero-order valence-electron chi connectivity index (χ0n) is 11.3. The van der Waals surface area contributed by atoms with Gasteiger partial charge in [0.2, 0.25) is 0 Å². The van der Waals surface area contributed by atoms with Gasteiger partial charge in [0.05, 0.1) is 18.6 Å². The first-order valence-corrected chi connectivity index (χ1v) is 6.45. The molecule has 1 atom stereocenters. The number of nitrogens with two attached hydrogens (primary N) is 1. The highest BCUT2D eigenvalue weighted by molar-refractivity contribution is 5.99. The number of methoxy groups -OCH3 is 1. The molecule has 1 aromatic carbocycles. The van der Waals surface area contributed by atoms with Crippen LogP contribution in [-0.4, -0.2) is 37.0 Å². The lowest BCUT2D eigenvalue weighted by Gasteiger charge is -2.31. The lowest BCUT2D eigenvalue weighted by atomic mass is 9.97. The summed E-state index contributed by atoms with van der Waals surface area (Å²) in [5, 5.41) is 0. The number of rotatable bonds is 2. The van der Waals surface area contributed by atoms with Gasteiger partial charge in [0.25, 0.3) is 5.91 Å². The van der Waals surface area contributed by atoms with Gasteiger partial charge < -0.3 is 15.4 Å².